The Morgan fingerprint density at radius 1 is 1.50 bits per heavy atom. The number of carbonyl (C=O) groups excluding carboxylic acids is 1. The standard InChI is InChI=1S/C10H17NO6S/c1-7(18(2,15)16)10(14)11-3-4-17-8(6-11)5-9(12)13/h7-8H,3-6H2,1-2H3,(H,12,13). The molecular weight excluding hydrogens is 262 g/mol. The fourth-order valence-electron chi connectivity index (χ4n) is 1.68. The molecule has 0 bridgehead atoms. The predicted octanol–water partition coefficient (Wildman–Crippen LogP) is -0.878. The van der Waals surface area contributed by atoms with Crippen LogP contribution in [-0.4, -0.2) is 67.6 Å². The topological polar surface area (TPSA) is 101 Å². The van der Waals surface area contributed by atoms with Gasteiger partial charge in [0.15, 0.2) is 9.84 Å². The van der Waals surface area contributed by atoms with Crippen LogP contribution in [-0.2, 0) is 24.2 Å². The number of nitrogens with zero attached hydrogens (tertiary/aromatic N) is 1. The molecule has 0 radical (unpaired) electrons. The van der Waals surface area contributed by atoms with Crippen LogP contribution in [0.25, 0.3) is 0 Å². The van der Waals surface area contributed by atoms with Crippen molar-refractivity contribution >= 4 is 21.7 Å². The lowest BCUT2D eigenvalue weighted by Gasteiger charge is -2.33. The molecule has 0 spiro atoms. The lowest BCUT2D eigenvalue weighted by Crippen LogP contribution is -2.50. The van der Waals surface area contributed by atoms with Crippen molar-refractivity contribution in [1.82, 2.24) is 4.90 Å². The summed E-state index contributed by atoms with van der Waals surface area (Å²) in [7, 11) is -3.44. The van der Waals surface area contributed by atoms with E-state index in [1.165, 1.54) is 11.8 Å². The smallest absolute Gasteiger partial charge is 0.306 e. The van der Waals surface area contributed by atoms with Gasteiger partial charge in [-0.05, 0) is 6.92 Å². The van der Waals surface area contributed by atoms with E-state index < -0.39 is 33.1 Å². The van der Waals surface area contributed by atoms with Crippen molar-refractivity contribution < 1.29 is 27.9 Å². The van der Waals surface area contributed by atoms with Crippen LogP contribution in [0.2, 0.25) is 0 Å². The molecule has 1 N–H and O–H groups in total. The van der Waals surface area contributed by atoms with Crippen LogP contribution in [0.1, 0.15) is 13.3 Å². The molecule has 0 saturated carbocycles. The van der Waals surface area contributed by atoms with Gasteiger partial charge in [0.1, 0.15) is 5.25 Å². The maximum atomic E-state index is 11.9. The molecule has 1 aliphatic rings. The van der Waals surface area contributed by atoms with Gasteiger partial charge in [-0.3, -0.25) is 9.59 Å². The first kappa shape index (κ1) is 14.9. The number of sulfone groups is 1. The lowest BCUT2D eigenvalue weighted by atomic mass is 10.2. The highest BCUT2D eigenvalue weighted by molar-refractivity contribution is 7.92. The van der Waals surface area contributed by atoms with E-state index in [4.69, 9.17) is 9.84 Å². The van der Waals surface area contributed by atoms with Crippen molar-refractivity contribution in [2.45, 2.75) is 24.7 Å². The second-order valence-electron chi connectivity index (χ2n) is 4.35. The summed E-state index contributed by atoms with van der Waals surface area (Å²) < 4.78 is 27.8. The molecule has 2 atom stereocenters. The summed E-state index contributed by atoms with van der Waals surface area (Å²) in [5.74, 6) is -1.51. The molecule has 0 aromatic carbocycles. The number of amides is 1. The number of carboxylic acids is 1. The molecule has 104 valence electrons. The van der Waals surface area contributed by atoms with Crippen molar-refractivity contribution in [3.8, 4) is 0 Å². The van der Waals surface area contributed by atoms with Crippen LogP contribution >= 0.6 is 0 Å². The van der Waals surface area contributed by atoms with Gasteiger partial charge in [-0.2, -0.15) is 0 Å². The highest BCUT2D eigenvalue weighted by Gasteiger charge is 2.32. The number of ether oxygens (including phenoxy) is 1. The summed E-state index contributed by atoms with van der Waals surface area (Å²) in [5.41, 5.74) is 0. The maximum absolute atomic E-state index is 11.9. The fourth-order valence-corrected chi connectivity index (χ4v) is 2.19. The Morgan fingerprint density at radius 3 is 2.61 bits per heavy atom. The fraction of sp³-hybridized carbons (Fsp3) is 0.800. The van der Waals surface area contributed by atoms with Crippen molar-refractivity contribution in [2.24, 2.45) is 0 Å². The van der Waals surface area contributed by atoms with E-state index in [1.54, 1.807) is 0 Å². The van der Waals surface area contributed by atoms with Crippen LogP contribution in [0.15, 0.2) is 0 Å². The molecule has 1 heterocycles. The van der Waals surface area contributed by atoms with Crippen molar-refractivity contribution in [2.75, 3.05) is 26.0 Å². The number of hydrogen-bond donors (Lipinski definition) is 1. The summed E-state index contributed by atoms with van der Waals surface area (Å²) in [6.07, 6.45) is 0.230. The highest BCUT2D eigenvalue weighted by Crippen LogP contribution is 2.12. The van der Waals surface area contributed by atoms with Gasteiger partial charge < -0.3 is 14.7 Å². The molecule has 1 fully saturated rings. The molecule has 2 unspecified atom stereocenters. The van der Waals surface area contributed by atoms with Gasteiger partial charge >= 0.3 is 5.97 Å². The third-order valence-corrected chi connectivity index (χ3v) is 4.33. The summed E-state index contributed by atoms with van der Waals surface area (Å²) >= 11 is 0. The molecule has 18 heavy (non-hydrogen) atoms. The van der Waals surface area contributed by atoms with Gasteiger partial charge in [-0.25, -0.2) is 8.42 Å². The average molecular weight is 279 g/mol. The number of morpholine rings is 1. The zero-order chi connectivity index (χ0) is 13.9. The summed E-state index contributed by atoms with van der Waals surface area (Å²) in [5, 5.41) is 7.54. The number of aliphatic carboxylic acids is 1. The number of carbonyl (C=O) groups is 2. The van der Waals surface area contributed by atoms with Crippen LogP contribution < -0.4 is 0 Å². The molecule has 1 saturated heterocycles. The maximum Gasteiger partial charge on any atom is 0.306 e. The first-order valence-electron chi connectivity index (χ1n) is 5.53. The lowest BCUT2D eigenvalue weighted by molar-refractivity contribution is -0.147. The van der Waals surface area contributed by atoms with Crippen LogP contribution in [0.5, 0.6) is 0 Å². The molecule has 1 aliphatic heterocycles. The van der Waals surface area contributed by atoms with Crippen molar-refractivity contribution in [3.05, 3.63) is 0 Å². The Hall–Kier alpha value is -1.15. The molecule has 1 amide bonds. The first-order valence-corrected chi connectivity index (χ1v) is 7.48. The number of carboxylic acid groups (broad SMARTS) is 1. The predicted molar refractivity (Wildman–Crippen MR) is 62.9 cm³/mol. The minimum Gasteiger partial charge on any atom is -0.481 e. The van der Waals surface area contributed by atoms with E-state index >= 15 is 0 Å². The van der Waals surface area contributed by atoms with Crippen molar-refractivity contribution in [3.63, 3.8) is 0 Å². The van der Waals surface area contributed by atoms with E-state index in [2.05, 4.69) is 0 Å². The number of hydrogen-bond acceptors (Lipinski definition) is 5. The van der Waals surface area contributed by atoms with E-state index in [0.717, 1.165) is 6.26 Å². The molecule has 0 aliphatic carbocycles. The third kappa shape index (κ3) is 3.95. The Morgan fingerprint density at radius 2 is 2.11 bits per heavy atom. The summed E-state index contributed by atoms with van der Waals surface area (Å²) in [6.45, 7) is 1.96. The number of rotatable bonds is 4. The average Bonchev–Trinajstić information content (AvgIpc) is 2.25. The second kappa shape index (κ2) is 5.66. The van der Waals surface area contributed by atoms with Crippen molar-refractivity contribution in [1.29, 1.82) is 0 Å². The minimum absolute atomic E-state index is 0.116. The van der Waals surface area contributed by atoms with E-state index in [9.17, 15) is 18.0 Å². The minimum atomic E-state index is -3.44. The quantitative estimate of drug-likeness (QED) is 0.717. The zero-order valence-corrected chi connectivity index (χ0v) is 11.1. The molecule has 0 aromatic heterocycles. The van der Waals surface area contributed by atoms with Gasteiger partial charge in [0, 0.05) is 19.3 Å². The highest BCUT2D eigenvalue weighted by atomic mass is 32.2. The van der Waals surface area contributed by atoms with Gasteiger partial charge in [-0.1, -0.05) is 0 Å². The largest absolute Gasteiger partial charge is 0.481 e. The molecule has 7 nitrogen and oxygen atoms in total. The summed E-state index contributed by atoms with van der Waals surface area (Å²) in [6, 6.07) is 0. The van der Waals surface area contributed by atoms with Gasteiger partial charge in [0.05, 0.1) is 19.1 Å². The Kier molecular flexibility index (Phi) is 4.69. The molecular formula is C10H17NO6S. The SMILES string of the molecule is CC(C(=O)N1CCOC(CC(=O)O)C1)S(C)(=O)=O. The van der Waals surface area contributed by atoms with Gasteiger partial charge in [-0.15, -0.1) is 0 Å². The van der Waals surface area contributed by atoms with Crippen LogP contribution in [0.3, 0.4) is 0 Å². The Balaban J connectivity index is 2.67. The van der Waals surface area contributed by atoms with Crippen LogP contribution in [0.4, 0.5) is 0 Å². The molecule has 0 aromatic rings. The molecule has 8 heteroatoms. The van der Waals surface area contributed by atoms with Gasteiger partial charge in [0.2, 0.25) is 5.91 Å². The zero-order valence-electron chi connectivity index (χ0n) is 10.3. The van der Waals surface area contributed by atoms with Crippen LogP contribution in [0, 0.1) is 0 Å². The van der Waals surface area contributed by atoms with E-state index in [-0.39, 0.29) is 26.1 Å². The second-order valence-corrected chi connectivity index (χ2v) is 6.71. The normalized spacial score (nSPS) is 22.6. The van der Waals surface area contributed by atoms with Gasteiger partial charge in [0.25, 0.3) is 0 Å². The Bertz CT molecular complexity index is 432. The first-order chi connectivity index (χ1) is 8.21. The van der Waals surface area contributed by atoms with E-state index in [0.29, 0.717) is 0 Å². The Labute approximate surface area is 106 Å². The molecule has 1 rings (SSSR count). The monoisotopic (exact) mass is 279 g/mol. The third-order valence-electron chi connectivity index (χ3n) is 2.84. The van der Waals surface area contributed by atoms with E-state index in [1.807, 2.05) is 0 Å². The summed E-state index contributed by atoms with van der Waals surface area (Å²) in [4.78, 5) is 23.8.